The van der Waals surface area contributed by atoms with Crippen LogP contribution in [-0.4, -0.2) is 84.2 Å². The summed E-state index contributed by atoms with van der Waals surface area (Å²) in [5, 5.41) is 10.1. The summed E-state index contributed by atoms with van der Waals surface area (Å²) < 4.78 is 0. The summed E-state index contributed by atoms with van der Waals surface area (Å²) in [6.07, 6.45) is 0.862. The van der Waals surface area contributed by atoms with Crippen molar-refractivity contribution in [2.24, 2.45) is 5.41 Å². The predicted molar refractivity (Wildman–Crippen MR) is 79.5 cm³/mol. The number of rotatable bonds is 4. The summed E-state index contributed by atoms with van der Waals surface area (Å²) in [6.45, 7) is 13.1. The summed E-state index contributed by atoms with van der Waals surface area (Å²) in [5.74, 6) is 0.277. The first kappa shape index (κ1) is 15.7. The number of piperazine rings is 1. The van der Waals surface area contributed by atoms with E-state index in [0.717, 1.165) is 52.2 Å². The summed E-state index contributed by atoms with van der Waals surface area (Å²) >= 11 is 0. The highest BCUT2D eigenvalue weighted by Crippen LogP contribution is 2.20. The molecule has 20 heavy (non-hydrogen) atoms. The maximum Gasteiger partial charge on any atom is 0.236 e. The second-order valence-electron chi connectivity index (χ2n) is 7.19. The zero-order valence-electron chi connectivity index (χ0n) is 13.1. The van der Waals surface area contributed by atoms with Crippen LogP contribution < -0.4 is 0 Å². The van der Waals surface area contributed by atoms with E-state index >= 15 is 0 Å². The maximum absolute atomic E-state index is 11.9. The van der Waals surface area contributed by atoms with Gasteiger partial charge in [-0.3, -0.25) is 14.6 Å². The number of likely N-dealkylation sites (tertiary alicyclic amines) is 1. The molecule has 0 unspecified atom stereocenters. The van der Waals surface area contributed by atoms with Crippen LogP contribution in [0, 0.1) is 5.41 Å². The fraction of sp³-hybridized carbons (Fsp3) is 0.933. The number of β-amino-alcohol motifs (C(OH)–C–C–N with tert-alkyl or cyclic N) is 1. The fourth-order valence-corrected chi connectivity index (χ4v) is 2.51. The molecule has 0 spiro atoms. The lowest BCUT2D eigenvalue weighted by Gasteiger charge is -2.39. The molecule has 1 atom stereocenters. The van der Waals surface area contributed by atoms with Gasteiger partial charge in [0.1, 0.15) is 0 Å². The summed E-state index contributed by atoms with van der Waals surface area (Å²) in [5.41, 5.74) is -0.0649. The monoisotopic (exact) mass is 283 g/mol. The third-order valence-corrected chi connectivity index (χ3v) is 4.46. The molecule has 0 aromatic carbocycles. The largest absolute Gasteiger partial charge is 0.391 e. The predicted octanol–water partition coefficient (Wildman–Crippen LogP) is 0.243. The first-order valence-electron chi connectivity index (χ1n) is 7.77. The molecule has 116 valence electrons. The van der Waals surface area contributed by atoms with E-state index in [9.17, 15) is 9.90 Å². The summed E-state index contributed by atoms with van der Waals surface area (Å²) in [6, 6.07) is 0. The zero-order chi connectivity index (χ0) is 14.8. The van der Waals surface area contributed by atoms with Gasteiger partial charge in [0.15, 0.2) is 0 Å². The molecular formula is C15H29N3O2. The van der Waals surface area contributed by atoms with Gasteiger partial charge in [-0.15, -0.1) is 0 Å². The number of aliphatic hydroxyl groups is 1. The Balaban J connectivity index is 1.68. The second-order valence-corrected chi connectivity index (χ2v) is 7.19. The zero-order valence-corrected chi connectivity index (χ0v) is 13.1. The normalized spacial score (nSPS) is 23.5. The van der Waals surface area contributed by atoms with Gasteiger partial charge in [0, 0.05) is 45.8 Å². The van der Waals surface area contributed by atoms with Crippen LogP contribution in [0.5, 0.6) is 0 Å². The molecule has 0 aliphatic carbocycles. The molecule has 1 amide bonds. The number of hydrogen-bond acceptors (Lipinski definition) is 4. The Morgan fingerprint density at radius 1 is 1.05 bits per heavy atom. The molecule has 0 aromatic rings. The van der Waals surface area contributed by atoms with Crippen molar-refractivity contribution in [3.8, 4) is 0 Å². The van der Waals surface area contributed by atoms with E-state index in [0.29, 0.717) is 6.54 Å². The van der Waals surface area contributed by atoms with Crippen LogP contribution >= 0.6 is 0 Å². The van der Waals surface area contributed by atoms with Crippen LogP contribution in [0.4, 0.5) is 0 Å². The quantitative estimate of drug-likeness (QED) is 0.803. The molecule has 2 fully saturated rings. The minimum Gasteiger partial charge on any atom is -0.391 e. The molecule has 5 nitrogen and oxygen atoms in total. The Kier molecular flexibility index (Phi) is 5.04. The molecule has 1 N–H and O–H groups in total. The summed E-state index contributed by atoms with van der Waals surface area (Å²) in [7, 11) is 0. The number of carbonyl (C=O) groups excluding carboxylic acids is 1. The standard InChI is InChI=1S/C15H29N3O2/c1-15(2,3)13(19)11-16-7-9-17(10-8-16)12-14(20)18-5-4-6-18/h13,19H,4-12H2,1-3H3/t13-/m0/s1. The van der Waals surface area contributed by atoms with Gasteiger partial charge in [-0.25, -0.2) is 0 Å². The van der Waals surface area contributed by atoms with Crippen molar-refractivity contribution in [3.63, 3.8) is 0 Å². The van der Waals surface area contributed by atoms with Gasteiger partial charge in [0.25, 0.3) is 0 Å². The third-order valence-electron chi connectivity index (χ3n) is 4.46. The SMILES string of the molecule is CC(C)(C)[C@@H](O)CN1CCN(CC(=O)N2CCC2)CC1. The Labute approximate surface area is 122 Å². The first-order chi connectivity index (χ1) is 9.36. The molecule has 2 rings (SSSR count). The fourth-order valence-electron chi connectivity index (χ4n) is 2.51. The van der Waals surface area contributed by atoms with Crippen molar-refractivity contribution in [3.05, 3.63) is 0 Å². The third kappa shape index (κ3) is 4.17. The van der Waals surface area contributed by atoms with E-state index in [1.807, 2.05) is 4.90 Å². The Morgan fingerprint density at radius 2 is 1.60 bits per heavy atom. The van der Waals surface area contributed by atoms with Crippen molar-refractivity contribution >= 4 is 5.91 Å². The highest BCUT2D eigenvalue weighted by Gasteiger charge is 2.28. The molecule has 2 aliphatic heterocycles. The topological polar surface area (TPSA) is 47.0 Å². The summed E-state index contributed by atoms with van der Waals surface area (Å²) in [4.78, 5) is 18.4. The Hall–Kier alpha value is -0.650. The Morgan fingerprint density at radius 3 is 2.05 bits per heavy atom. The first-order valence-corrected chi connectivity index (χ1v) is 7.77. The smallest absolute Gasteiger partial charge is 0.236 e. The van der Waals surface area contributed by atoms with Crippen LogP contribution in [0.15, 0.2) is 0 Å². The highest BCUT2D eigenvalue weighted by atomic mass is 16.3. The molecule has 0 aromatic heterocycles. The van der Waals surface area contributed by atoms with Crippen LogP contribution in [-0.2, 0) is 4.79 Å². The van der Waals surface area contributed by atoms with Gasteiger partial charge in [-0.2, -0.15) is 0 Å². The number of carbonyl (C=O) groups is 1. The lowest BCUT2D eigenvalue weighted by molar-refractivity contribution is -0.136. The van der Waals surface area contributed by atoms with E-state index in [1.165, 1.54) is 0 Å². The molecule has 0 saturated carbocycles. The van der Waals surface area contributed by atoms with Crippen molar-refractivity contribution in [1.82, 2.24) is 14.7 Å². The van der Waals surface area contributed by atoms with Gasteiger partial charge in [-0.1, -0.05) is 20.8 Å². The van der Waals surface area contributed by atoms with Crippen molar-refractivity contribution in [2.45, 2.75) is 33.3 Å². The minimum absolute atomic E-state index is 0.0649. The second kappa shape index (κ2) is 6.41. The number of nitrogens with zero attached hydrogens (tertiary/aromatic N) is 3. The van der Waals surface area contributed by atoms with E-state index in [4.69, 9.17) is 0 Å². The van der Waals surface area contributed by atoms with Crippen molar-refractivity contribution in [2.75, 3.05) is 52.4 Å². The maximum atomic E-state index is 11.9. The Bertz CT molecular complexity index is 329. The number of amides is 1. The van der Waals surface area contributed by atoms with E-state index in [2.05, 4.69) is 30.6 Å². The number of hydrogen-bond donors (Lipinski definition) is 1. The molecule has 5 heteroatoms. The van der Waals surface area contributed by atoms with Crippen LogP contribution in [0.1, 0.15) is 27.2 Å². The molecule has 2 saturated heterocycles. The van der Waals surface area contributed by atoms with E-state index in [-0.39, 0.29) is 17.4 Å². The van der Waals surface area contributed by atoms with Gasteiger partial charge in [0.05, 0.1) is 12.6 Å². The minimum atomic E-state index is -0.295. The average molecular weight is 283 g/mol. The van der Waals surface area contributed by atoms with Crippen molar-refractivity contribution in [1.29, 1.82) is 0 Å². The van der Waals surface area contributed by atoms with Crippen LogP contribution in [0.25, 0.3) is 0 Å². The van der Waals surface area contributed by atoms with E-state index in [1.54, 1.807) is 0 Å². The van der Waals surface area contributed by atoms with Gasteiger partial charge < -0.3 is 10.0 Å². The van der Waals surface area contributed by atoms with Gasteiger partial charge in [-0.05, 0) is 11.8 Å². The lowest BCUT2D eigenvalue weighted by Crippen LogP contribution is -2.53. The van der Waals surface area contributed by atoms with E-state index < -0.39 is 0 Å². The molecular weight excluding hydrogens is 254 g/mol. The van der Waals surface area contributed by atoms with Crippen LogP contribution in [0.2, 0.25) is 0 Å². The van der Waals surface area contributed by atoms with Crippen molar-refractivity contribution < 1.29 is 9.90 Å². The lowest BCUT2D eigenvalue weighted by atomic mass is 9.89. The van der Waals surface area contributed by atoms with Gasteiger partial charge >= 0.3 is 0 Å². The molecule has 2 heterocycles. The number of aliphatic hydroxyl groups excluding tert-OH is 1. The average Bonchev–Trinajstić information content (AvgIpc) is 2.28. The molecule has 0 radical (unpaired) electrons. The van der Waals surface area contributed by atoms with Crippen LogP contribution in [0.3, 0.4) is 0 Å². The molecule has 0 bridgehead atoms. The van der Waals surface area contributed by atoms with Gasteiger partial charge in [0.2, 0.25) is 5.91 Å². The highest BCUT2D eigenvalue weighted by molar-refractivity contribution is 5.78. The molecule has 2 aliphatic rings.